The lowest BCUT2D eigenvalue weighted by atomic mass is 10.0. The molecule has 150 valence electrons. The van der Waals surface area contributed by atoms with Crippen LogP contribution in [0, 0.1) is 11.3 Å². The molecule has 0 amide bonds. The van der Waals surface area contributed by atoms with Crippen molar-refractivity contribution in [3.8, 4) is 28.7 Å². The molecule has 0 bridgehead atoms. The molecule has 9 nitrogen and oxygen atoms in total. The molecule has 0 spiro atoms. The third kappa shape index (κ3) is 3.75. The first-order valence-electron chi connectivity index (χ1n) is 9.14. The van der Waals surface area contributed by atoms with E-state index in [2.05, 4.69) is 25.1 Å². The van der Waals surface area contributed by atoms with Crippen LogP contribution < -0.4 is 5.56 Å². The van der Waals surface area contributed by atoms with Crippen molar-refractivity contribution in [1.29, 1.82) is 5.26 Å². The predicted octanol–water partition coefficient (Wildman–Crippen LogP) is 2.89. The summed E-state index contributed by atoms with van der Waals surface area (Å²) in [5, 5.41) is 13.9. The maximum Gasteiger partial charge on any atom is 0.270 e. The minimum Gasteiger partial charge on any atom is -0.337 e. The number of aromatic amines is 1. The summed E-state index contributed by atoms with van der Waals surface area (Å²) in [6.07, 6.45) is 6.21. The molecular weight excluding hydrogens is 402 g/mol. The number of benzene rings is 1. The Balaban J connectivity index is 1.69. The normalized spacial score (nSPS) is 10.8. The Morgan fingerprint density at radius 1 is 1.30 bits per heavy atom. The van der Waals surface area contributed by atoms with Crippen molar-refractivity contribution in [3.63, 3.8) is 0 Å². The lowest BCUT2D eigenvalue weighted by Gasteiger charge is -2.06. The van der Waals surface area contributed by atoms with Gasteiger partial charge in [-0.25, -0.2) is 9.97 Å². The van der Waals surface area contributed by atoms with E-state index in [-0.39, 0.29) is 5.56 Å². The molecule has 0 radical (unpaired) electrons. The van der Waals surface area contributed by atoms with Crippen LogP contribution in [-0.4, -0.2) is 35.9 Å². The first kappa shape index (κ1) is 19.6. The highest BCUT2D eigenvalue weighted by Crippen LogP contribution is 2.26. The number of imidazole rings is 1. The zero-order chi connectivity index (χ0) is 21.1. The molecule has 0 aliphatic carbocycles. The van der Waals surface area contributed by atoms with Gasteiger partial charge in [0.15, 0.2) is 5.16 Å². The van der Waals surface area contributed by atoms with Gasteiger partial charge in [0.1, 0.15) is 24.0 Å². The zero-order valence-electron chi connectivity index (χ0n) is 16.3. The molecule has 0 unspecified atom stereocenters. The van der Waals surface area contributed by atoms with Crippen molar-refractivity contribution in [3.05, 3.63) is 64.3 Å². The Morgan fingerprint density at radius 3 is 2.90 bits per heavy atom. The number of nitrogens with one attached hydrogen (secondary N) is 1. The van der Waals surface area contributed by atoms with Gasteiger partial charge in [0.25, 0.3) is 5.56 Å². The topological polar surface area (TPSA) is 126 Å². The Kier molecular flexibility index (Phi) is 5.45. The maximum atomic E-state index is 12.2. The molecule has 10 heteroatoms. The lowest BCUT2D eigenvalue weighted by Crippen LogP contribution is -2.14. The van der Waals surface area contributed by atoms with Gasteiger partial charge in [-0.2, -0.15) is 10.2 Å². The van der Waals surface area contributed by atoms with E-state index in [4.69, 9.17) is 4.52 Å². The third-order valence-electron chi connectivity index (χ3n) is 4.49. The molecule has 0 saturated heterocycles. The Hall–Kier alpha value is -3.71. The molecular formula is C20H17N7O2S. The molecule has 4 aromatic rings. The van der Waals surface area contributed by atoms with E-state index in [0.717, 1.165) is 12.2 Å². The monoisotopic (exact) mass is 419 g/mol. The van der Waals surface area contributed by atoms with Crippen LogP contribution in [0.1, 0.15) is 24.2 Å². The highest BCUT2D eigenvalue weighted by molar-refractivity contribution is 7.98. The quantitative estimate of drug-likeness (QED) is 0.373. The number of nitriles is 1. The second kappa shape index (κ2) is 8.34. The van der Waals surface area contributed by atoms with Gasteiger partial charge in [0.2, 0.25) is 11.7 Å². The van der Waals surface area contributed by atoms with E-state index in [0.29, 0.717) is 40.2 Å². The fourth-order valence-electron chi connectivity index (χ4n) is 3.05. The van der Waals surface area contributed by atoms with Crippen molar-refractivity contribution < 1.29 is 4.52 Å². The van der Waals surface area contributed by atoms with Crippen LogP contribution in [0.5, 0.6) is 0 Å². The number of aromatic nitrogens is 6. The summed E-state index contributed by atoms with van der Waals surface area (Å²) in [4.78, 5) is 28.0. The van der Waals surface area contributed by atoms with Crippen LogP contribution in [0.15, 0.2) is 51.1 Å². The smallest absolute Gasteiger partial charge is 0.270 e. The summed E-state index contributed by atoms with van der Waals surface area (Å²) < 4.78 is 7.36. The molecule has 30 heavy (non-hydrogen) atoms. The number of hydrogen-bond donors (Lipinski definition) is 1. The van der Waals surface area contributed by atoms with Crippen molar-refractivity contribution in [2.24, 2.45) is 0 Å². The largest absolute Gasteiger partial charge is 0.337 e. The summed E-state index contributed by atoms with van der Waals surface area (Å²) in [7, 11) is 0. The molecule has 0 atom stereocenters. The summed E-state index contributed by atoms with van der Waals surface area (Å²) in [5.74, 6) is 1.81. The van der Waals surface area contributed by atoms with Crippen molar-refractivity contribution >= 4 is 11.8 Å². The second-order valence-corrected chi connectivity index (χ2v) is 7.12. The van der Waals surface area contributed by atoms with Gasteiger partial charge in [-0.05, 0) is 12.3 Å². The number of hydrogen-bond acceptors (Lipinski definition) is 8. The molecule has 0 saturated carbocycles. The minimum absolute atomic E-state index is 0.0362. The average Bonchev–Trinajstić information content (AvgIpc) is 3.43. The molecule has 1 N–H and O–H groups in total. The van der Waals surface area contributed by atoms with E-state index in [1.54, 1.807) is 30.7 Å². The Morgan fingerprint density at radius 2 is 2.13 bits per heavy atom. The van der Waals surface area contributed by atoms with Crippen LogP contribution in [0.25, 0.3) is 22.6 Å². The summed E-state index contributed by atoms with van der Waals surface area (Å²) in [5.41, 5.74) is 1.14. The molecule has 3 aromatic heterocycles. The van der Waals surface area contributed by atoms with Gasteiger partial charge < -0.3 is 14.1 Å². The molecule has 1 aromatic carbocycles. The molecule has 0 aliphatic heterocycles. The van der Waals surface area contributed by atoms with Crippen molar-refractivity contribution in [2.45, 2.75) is 25.0 Å². The maximum absolute atomic E-state index is 12.2. The van der Waals surface area contributed by atoms with E-state index in [1.165, 1.54) is 11.8 Å². The Labute approximate surface area is 175 Å². The van der Waals surface area contributed by atoms with Crippen molar-refractivity contribution in [1.82, 2.24) is 29.7 Å². The standard InChI is InChI=1S/C20H17N7O2S/c1-3-15-22-7-8-27(15)11-16-23-18(26-29-16)13-6-4-5-12(9-13)17-14(10-21)19(28)25-20(24-17)30-2/h4-9H,3,11H2,1-2H3,(H,24,25,28). The fourth-order valence-corrected chi connectivity index (χ4v) is 3.43. The fraction of sp³-hybridized carbons (Fsp3) is 0.200. The second-order valence-electron chi connectivity index (χ2n) is 6.33. The van der Waals surface area contributed by atoms with E-state index in [1.807, 2.05) is 29.8 Å². The van der Waals surface area contributed by atoms with E-state index < -0.39 is 5.56 Å². The lowest BCUT2D eigenvalue weighted by molar-refractivity contribution is 0.370. The first-order chi connectivity index (χ1) is 14.6. The highest BCUT2D eigenvalue weighted by Gasteiger charge is 2.16. The van der Waals surface area contributed by atoms with Gasteiger partial charge in [-0.1, -0.05) is 42.0 Å². The summed E-state index contributed by atoms with van der Waals surface area (Å²) in [6, 6.07) is 9.15. The average molecular weight is 419 g/mol. The minimum atomic E-state index is -0.467. The summed E-state index contributed by atoms with van der Waals surface area (Å²) in [6.45, 7) is 2.46. The van der Waals surface area contributed by atoms with Crippen LogP contribution in [0.2, 0.25) is 0 Å². The van der Waals surface area contributed by atoms with E-state index in [9.17, 15) is 10.1 Å². The van der Waals surface area contributed by atoms with Gasteiger partial charge in [-0.3, -0.25) is 4.79 Å². The predicted molar refractivity (Wildman–Crippen MR) is 111 cm³/mol. The van der Waals surface area contributed by atoms with Gasteiger partial charge in [0.05, 0.1) is 5.69 Å². The Bertz CT molecular complexity index is 1300. The molecule has 0 aliphatic rings. The van der Waals surface area contributed by atoms with Crippen molar-refractivity contribution in [2.75, 3.05) is 6.26 Å². The highest BCUT2D eigenvalue weighted by atomic mass is 32.2. The van der Waals surface area contributed by atoms with Crippen LogP contribution in [0.4, 0.5) is 0 Å². The van der Waals surface area contributed by atoms with Crippen LogP contribution in [0.3, 0.4) is 0 Å². The number of thioether (sulfide) groups is 1. The summed E-state index contributed by atoms with van der Waals surface area (Å²) >= 11 is 1.30. The SMILES string of the molecule is CCc1nccn1Cc1nc(-c2cccc(-c3nc(SC)[nH]c(=O)c3C#N)c2)no1. The van der Waals surface area contributed by atoms with Gasteiger partial charge in [-0.15, -0.1) is 0 Å². The number of H-pyrrole nitrogens is 1. The van der Waals surface area contributed by atoms with Crippen LogP contribution >= 0.6 is 11.8 Å². The number of nitrogens with zero attached hydrogens (tertiary/aromatic N) is 6. The van der Waals surface area contributed by atoms with Gasteiger partial charge in [0, 0.05) is 29.9 Å². The molecule has 4 rings (SSSR count). The zero-order valence-corrected chi connectivity index (χ0v) is 17.1. The molecule has 3 heterocycles. The number of rotatable bonds is 6. The molecule has 0 fully saturated rings. The number of aryl methyl sites for hydroxylation is 1. The third-order valence-corrected chi connectivity index (χ3v) is 5.07. The van der Waals surface area contributed by atoms with Gasteiger partial charge >= 0.3 is 0 Å². The van der Waals surface area contributed by atoms with E-state index >= 15 is 0 Å². The first-order valence-corrected chi connectivity index (χ1v) is 10.4. The van der Waals surface area contributed by atoms with Crippen LogP contribution in [-0.2, 0) is 13.0 Å².